The molecule has 0 unspecified atom stereocenters. The lowest BCUT2D eigenvalue weighted by atomic mass is 10.1. The van der Waals surface area contributed by atoms with Crippen molar-refractivity contribution in [3.8, 4) is 5.75 Å². The van der Waals surface area contributed by atoms with Crippen molar-refractivity contribution < 1.29 is 23.9 Å². The van der Waals surface area contributed by atoms with Crippen LogP contribution in [0.3, 0.4) is 0 Å². The average molecular weight is 396 g/mol. The summed E-state index contributed by atoms with van der Waals surface area (Å²) in [5.74, 6) is -0.680. The molecule has 0 aliphatic heterocycles. The molecule has 0 spiro atoms. The van der Waals surface area contributed by atoms with E-state index in [1.54, 1.807) is 30.3 Å². The quantitative estimate of drug-likeness (QED) is 0.386. The fourth-order valence-electron chi connectivity index (χ4n) is 2.39. The van der Waals surface area contributed by atoms with Gasteiger partial charge in [0.1, 0.15) is 18.1 Å². The van der Waals surface area contributed by atoms with E-state index in [9.17, 15) is 14.4 Å². The summed E-state index contributed by atoms with van der Waals surface area (Å²) < 4.78 is 10.2. The van der Waals surface area contributed by atoms with Gasteiger partial charge in [-0.25, -0.2) is 0 Å². The SMILES string of the molecule is CCOc1ccc(C(=O)N/C(=C/c2ccccc2)C(=O)NCCOC(C)=O)cc1. The number of rotatable bonds is 9. The molecule has 2 rings (SSSR count). The van der Waals surface area contributed by atoms with Crippen LogP contribution in [0.4, 0.5) is 0 Å². The van der Waals surface area contributed by atoms with Gasteiger partial charge in [0, 0.05) is 12.5 Å². The first-order valence-corrected chi connectivity index (χ1v) is 9.22. The minimum Gasteiger partial charge on any atom is -0.494 e. The summed E-state index contributed by atoms with van der Waals surface area (Å²) >= 11 is 0. The number of hydrogen-bond acceptors (Lipinski definition) is 5. The highest BCUT2D eigenvalue weighted by Gasteiger charge is 2.14. The molecule has 0 aromatic heterocycles. The molecule has 2 amide bonds. The van der Waals surface area contributed by atoms with Gasteiger partial charge in [-0.15, -0.1) is 0 Å². The van der Waals surface area contributed by atoms with Crippen LogP contribution in [0.5, 0.6) is 5.75 Å². The number of carbonyl (C=O) groups is 3. The molecule has 0 fully saturated rings. The third-order valence-corrected chi connectivity index (χ3v) is 3.72. The molecule has 0 atom stereocenters. The highest BCUT2D eigenvalue weighted by molar-refractivity contribution is 6.05. The maximum absolute atomic E-state index is 12.6. The molecule has 0 aliphatic carbocycles. The normalized spacial score (nSPS) is 10.8. The van der Waals surface area contributed by atoms with Gasteiger partial charge in [0.2, 0.25) is 0 Å². The van der Waals surface area contributed by atoms with E-state index >= 15 is 0 Å². The van der Waals surface area contributed by atoms with E-state index in [1.165, 1.54) is 6.92 Å². The Hall–Kier alpha value is -3.61. The highest BCUT2D eigenvalue weighted by atomic mass is 16.5. The predicted octanol–water partition coefficient (Wildman–Crippen LogP) is 2.54. The van der Waals surface area contributed by atoms with Crippen molar-refractivity contribution in [2.75, 3.05) is 19.8 Å². The number of carbonyl (C=O) groups excluding carboxylic acids is 3. The number of ether oxygens (including phenoxy) is 2. The second kappa shape index (κ2) is 11.3. The molecule has 7 heteroatoms. The average Bonchev–Trinajstić information content (AvgIpc) is 2.72. The molecule has 7 nitrogen and oxygen atoms in total. The lowest BCUT2D eigenvalue weighted by molar-refractivity contribution is -0.141. The minimum absolute atomic E-state index is 0.0481. The molecule has 0 bridgehead atoms. The lowest BCUT2D eigenvalue weighted by Gasteiger charge is -2.12. The van der Waals surface area contributed by atoms with E-state index in [-0.39, 0.29) is 18.8 Å². The van der Waals surface area contributed by atoms with Crippen molar-refractivity contribution in [3.05, 3.63) is 71.4 Å². The fourth-order valence-corrected chi connectivity index (χ4v) is 2.39. The Morgan fingerprint density at radius 1 is 1.00 bits per heavy atom. The van der Waals surface area contributed by atoms with Crippen molar-refractivity contribution in [2.24, 2.45) is 0 Å². The van der Waals surface area contributed by atoms with E-state index in [2.05, 4.69) is 10.6 Å². The Balaban J connectivity index is 2.12. The van der Waals surface area contributed by atoms with E-state index in [1.807, 2.05) is 37.3 Å². The fraction of sp³-hybridized carbons (Fsp3) is 0.227. The van der Waals surface area contributed by atoms with Crippen LogP contribution in [0, 0.1) is 0 Å². The van der Waals surface area contributed by atoms with Gasteiger partial charge in [0.15, 0.2) is 0 Å². The number of esters is 1. The van der Waals surface area contributed by atoms with Crippen LogP contribution in [0.1, 0.15) is 29.8 Å². The van der Waals surface area contributed by atoms with Crippen LogP contribution in [-0.2, 0) is 14.3 Å². The maximum atomic E-state index is 12.6. The zero-order chi connectivity index (χ0) is 21.1. The van der Waals surface area contributed by atoms with E-state index in [0.717, 1.165) is 5.56 Å². The van der Waals surface area contributed by atoms with Gasteiger partial charge in [-0.1, -0.05) is 30.3 Å². The standard InChI is InChI=1S/C22H24N2O5/c1-3-28-19-11-9-18(10-12-19)21(26)24-20(15-17-7-5-4-6-8-17)22(27)23-13-14-29-16(2)25/h4-12,15H,3,13-14H2,1-2H3,(H,23,27)(H,24,26)/b20-15+. The predicted molar refractivity (Wildman–Crippen MR) is 109 cm³/mol. The topological polar surface area (TPSA) is 93.7 Å². The van der Waals surface area contributed by atoms with Crippen LogP contribution in [-0.4, -0.2) is 37.5 Å². The summed E-state index contributed by atoms with van der Waals surface area (Å²) in [4.78, 5) is 36.0. The maximum Gasteiger partial charge on any atom is 0.302 e. The van der Waals surface area contributed by atoms with Gasteiger partial charge in [0.05, 0.1) is 13.2 Å². The van der Waals surface area contributed by atoms with Gasteiger partial charge >= 0.3 is 5.97 Å². The van der Waals surface area contributed by atoms with Gasteiger partial charge in [-0.2, -0.15) is 0 Å². The Morgan fingerprint density at radius 2 is 1.69 bits per heavy atom. The lowest BCUT2D eigenvalue weighted by Crippen LogP contribution is -2.36. The van der Waals surface area contributed by atoms with Crippen LogP contribution < -0.4 is 15.4 Å². The molecular formula is C22H24N2O5. The van der Waals surface area contributed by atoms with Crippen molar-refractivity contribution in [1.82, 2.24) is 10.6 Å². The molecule has 29 heavy (non-hydrogen) atoms. The van der Waals surface area contributed by atoms with Crippen molar-refractivity contribution in [3.63, 3.8) is 0 Å². The molecule has 2 aromatic rings. The van der Waals surface area contributed by atoms with E-state index in [0.29, 0.717) is 17.9 Å². The van der Waals surface area contributed by atoms with Crippen LogP contribution in [0.25, 0.3) is 6.08 Å². The van der Waals surface area contributed by atoms with Crippen LogP contribution in [0.15, 0.2) is 60.3 Å². The molecular weight excluding hydrogens is 372 g/mol. The third-order valence-electron chi connectivity index (χ3n) is 3.72. The summed E-state index contributed by atoms with van der Waals surface area (Å²) in [7, 11) is 0. The summed E-state index contributed by atoms with van der Waals surface area (Å²) in [6.07, 6.45) is 1.58. The smallest absolute Gasteiger partial charge is 0.302 e. The molecule has 0 saturated carbocycles. The number of amides is 2. The zero-order valence-corrected chi connectivity index (χ0v) is 16.4. The van der Waals surface area contributed by atoms with Crippen LogP contribution >= 0.6 is 0 Å². The van der Waals surface area contributed by atoms with Gasteiger partial charge in [0.25, 0.3) is 11.8 Å². The largest absolute Gasteiger partial charge is 0.494 e. The molecule has 0 aliphatic rings. The van der Waals surface area contributed by atoms with E-state index in [4.69, 9.17) is 9.47 Å². The highest BCUT2D eigenvalue weighted by Crippen LogP contribution is 2.13. The van der Waals surface area contributed by atoms with Crippen molar-refractivity contribution >= 4 is 23.9 Å². The first-order chi connectivity index (χ1) is 14.0. The minimum atomic E-state index is -0.486. The summed E-state index contributed by atoms with van der Waals surface area (Å²) in [6, 6.07) is 15.8. The molecule has 152 valence electrons. The second-order valence-electron chi connectivity index (χ2n) is 5.98. The molecule has 0 heterocycles. The van der Waals surface area contributed by atoms with Gasteiger partial charge in [-0.05, 0) is 42.8 Å². The second-order valence-corrected chi connectivity index (χ2v) is 5.98. The van der Waals surface area contributed by atoms with Gasteiger partial charge in [-0.3, -0.25) is 14.4 Å². The third kappa shape index (κ3) is 7.50. The Labute approximate surface area is 169 Å². The zero-order valence-electron chi connectivity index (χ0n) is 16.4. The first kappa shape index (κ1) is 21.7. The summed E-state index contributed by atoms with van der Waals surface area (Å²) in [5, 5.41) is 5.27. The number of benzene rings is 2. The van der Waals surface area contributed by atoms with Crippen molar-refractivity contribution in [1.29, 1.82) is 0 Å². The summed E-state index contributed by atoms with van der Waals surface area (Å²) in [6.45, 7) is 3.87. The molecule has 2 aromatic carbocycles. The Morgan fingerprint density at radius 3 is 2.31 bits per heavy atom. The van der Waals surface area contributed by atoms with Crippen LogP contribution in [0.2, 0.25) is 0 Å². The van der Waals surface area contributed by atoms with Gasteiger partial charge < -0.3 is 20.1 Å². The number of nitrogens with one attached hydrogen (secondary N) is 2. The Kier molecular flexibility index (Phi) is 8.44. The first-order valence-electron chi connectivity index (χ1n) is 9.22. The number of hydrogen-bond donors (Lipinski definition) is 2. The van der Waals surface area contributed by atoms with E-state index < -0.39 is 17.8 Å². The molecule has 0 saturated heterocycles. The molecule has 0 radical (unpaired) electrons. The summed E-state index contributed by atoms with van der Waals surface area (Å²) in [5.41, 5.74) is 1.22. The Bertz CT molecular complexity index is 861. The monoisotopic (exact) mass is 396 g/mol. The molecule has 2 N–H and O–H groups in total. The van der Waals surface area contributed by atoms with Crippen molar-refractivity contribution in [2.45, 2.75) is 13.8 Å².